The van der Waals surface area contributed by atoms with Crippen LogP contribution in [0.4, 0.5) is 0 Å². The molecule has 0 aliphatic carbocycles. The molecule has 0 saturated heterocycles. The standard InChI is InChI=1S/C15H10Cl4N2O2/c16-10-2-4-14(13(19)6-10)23-8-15(22)21-20-7-9-1-3-11(17)12(18)5-9/h1-7H,8H2,(H,21,22)/b20-7-. The maximum atomic E-state index is 11.6. The Balaban J connectivity index is 1.85. The van der Waals surface area contributed by atoms with Crippen LogP contribution >= 0.6 is 46.4 Å². The number of ether oxygens (including phenoxy) is 1. The number of carbonyl (C=O) groups excluding carboxylic acids is 1. The van der Waals surface area contributed by atoms with Gasteiger partial charge in [-0.3, -0.25) is 4.79 Å². The summed E-state index contributed by atoms with van der Waals surface area (Å²) in [4.78, 5) is 11.6. The van der Waals surface area contributed by atoms with Crippen LogP contribution in [0.5, 0.6) is 5.75 Å². The molecule has 0 radical (unpaired) electrons. The molecule has 120 valence electrons. The van der Waals surface area contributed by atoms with Crippen LogP contribution in [0.3, 0.4) is 0 Å². The summed E-state index contributed by atoms with van der Waals surface area (Å²) in [6, 6.07) is 9.70. The Morgan fingerprint density at radius 3 is 2.52 bits per heavy atom. The summed E-state index contributed by atoms with van der Waals surface area (Å²) in [6.45, 7) is -0.236. The zero-order valence-corrected chi connectivity index (χ0v) is 14.5. The third-order valence-electron chi connectivity index (χ3n) is 2.60. The lowest BCUT2D eigenvalue weighted by molar-refractivity contribution is -0.123. The van der Waals surface area contributed by atoms with Crippen molar-refractivity contribution < 1.29 is 9.53 Å². The minimum absolute atomic E-state index is 0.236. The lowest BCUT2D eigenvalue weighted by Crippen LogP contribution is -2.24. The van der Waals surface area contributed by atoms with E-state index in [0.717, 1.165) is 0 Å². The molecule has 2 rings (SSSR count). The number of nitrogens with zero attached hydrogens (tertiary/aromatic N) is 1. The smallest absolute Gasteiger partial charge is 0.277 e. The van der Waals surface area contributed by atoms with Gasteiger partial charge < -0.3 is 4.74 Å². The number of rotatable bonds is 5. The molecule has 0 saturated carbocycles. The molecule has 23 heavy (non-hydrogen) atoms. The van der Waals surface area contributed by atoms with E-state index in [0.29, 0.717) is 31.4 Å². The maximum absolute atomic E-state index is 11.6. The molecule has 0 atom stereocenters. The first kappa shape index (κ1) is 17.9. The third-order valence-corrected chi connectivity index (χ3v) is 3.87. The van der Waals surface area contributed by atoms with Crippen LogP contribution in [-0.4, -0.2) is 18.7 Å². The fraction of sp³-hybridized carbons (Fsp3) is 0.0667. The number of carbonyl (C=O) groups is 1. The fourth-order valence-corrected chi connectivity index (χ4v) is 2.31. The van der Waals surface area contributed by atoms with Gasteiger partial charge in [-0.15, -0.1) is 0 Å². The number of benzene rings is 2. The van der Waals surface area contributed by atoms with Crippen molar-refractivity contribution in [3.8, 4) is 5.75 Å². The van der Waals surface area contributed by atoms with E-state index in [2.05, 4.69) is 10.5 Å². The number of halogens is 4. The first-order valence-electron chi connectivity index (χ1n) is 6.30. The minimum atomic E-state index is -0.438. The van der Waals surface area contributed by atoms with Gasteiger partial charge in [0.2, 0.25) is 0 Å². The molecular weight excluding hydrogens is 382 g/mol. The van der Waals surface area contributed by atoms with Crippen LogP contribution < -0.4 is 10.2 Å². The van der Waals surface area contributed by atoms with Gasteiger partial charge in [0.1, 0.15) is 5.75 Å². The second kappa shape index (κ2) is 8.41. The molecule has 4 nitrogen and oxygen atoms in total. The van der Waals surface area contributed by atoms with Crippen molar-refractivity contribution in [3.63, 3.8) is 0 Å². The van der Waals surface area contributed by atoms with E-state index in [1.54, 1.807) is 30.3 Å². The van der Waals surface area contributed by atoms with Gasteiger partial charge in [0.05, 0.1) is 21.3 Å². The number of hydrogen-bond acceptors (Lipinski definition) is 3. The van der Waals surface area contributed by atoms with Crippen molar-refractivity contribution in [1.29, 1.82) is 0 Å². The molecule has 0 aliphatic rings. The van der Waals surface area contributed by atoms with Crippen molar-refractivity contribution in [2.24, 2.45) is 5.10 Å². The zero-order valence-electron chi connectivity index (χ0n) is 11.5. The number of nitrogens with one attached hydrogen (secondary N) is 1. The maximum Gasteiger partial charge on any atom is 0.277 e. The predicted molar refractivity (Wildman–Crippen MR) is 94.2 cm³/mol. The molecule has 2 aromatic rings. The molecule has 0 spiro atoms. The van der Waals surface area contributed by atoms with Crippen LogP contribution in [0.25, 0.3) is 0 Å². The third kappa shape index (κ3) is 5.59. The van der Waals surface area contributed by atoms with E-state index in [-0.39, 0.29) is 6.61 Å². The van der Waals surface area contributed by atoms with Crippen LogP contribution in [-0.2, 0) is 4.79 Å². The highest BCUT2D eigenvalue weighted by Crippen LogP contribution is 2.27. The SMILES string of the molecule is O=C(COc1ccc(Cl)cc1Cl)N/N=C\c1ccc(Cl)c(Cl)c1. The molecule has 8 heteroatoms. The molecule has 0 aliphatic heterocycles. The molecule has 0 heterocycles. The average Bonchev–Trinajstić information content (AvgIpc) is 2.50. The zero-order chi connectivity index (χ0) is 16.8. The Labute approximate surface area is 152 Å². The first-order valence-corrected chi connectivity index (χ1v) is 7.81. The molecule has 1 N–H and O–H groups in total. The predicted octanol–water partition coefficient (Wildman–Crippen LogP) is 4.83. The van der Waals surface area contributed by atoms with E-state index in [4.69, 9.17) is 51.1 Å². The second-order valence-corrected chi connectivity index (χ2v) is 5.99. The fourth-order valence-electron chi connectivity index (χ4n) is 1.54. The lowest BCUT2D eigenvalue weighted by Gasteiger charge is -2.07. The Hall–Kier alpha value is -1.46. The van der Waals surface area contributed by atoms with Gasteiger partial charge in [-0.05, 0) is 35.9 Å². The molecule has 2 aromatic carbocycles. The second-order valence-electron chi connectivity index (χ2n) is 4.33. The van der Waals surface area contributed by atoms with Crippen molar-refractivity contribution in [3.05, 3.63) is 62.1 Å². The van der Waals surface area contributed by atoms with Crippen LogP contribution in [0, 0.1) is 0 Å². The van der Waals surface area contributed by atoms with E-state index >= 15 is 0 Å². The summed E-state index contributed by atoms with van der Waals surface area (Å²) in [5, 5.41) is 5.46. The normalized spacial score (nSPS) is 10.8. The largest absolute Gasteiger partial charge is 0.482 e. The number of amides is 1. The van der Waals surface area contributed by atoms with Crippen molar-refractivity contribution in [2.75, 3.05) is 6.61 Å². The molecule has 0 aromatic heterocycles. The van der Waals surface area contributed by atoms with E-state index in [9.17, 15) is 4.79 Å². The lowest BCUT2D eigenvalue weighted by atomic mass is 10.2. The van der Waals surface area contributed by atoms with Gasteiger partial charge in [0.15, 0.2) is 6.61 Å². The van der Waals surface area contributed by atoms with Gasteiger partial charge in [0, 0.05) is 5.02 Å². The summed E-state index contributed by atoms with van der Waals surface area (Å²) in [6.07, 6.45) is 1.44. The highest BCUT2D eigenvalue weighted by atomic mass is 35.5. The number of hydrazone groups is 1. The van der Waals surface area contributed by atoms with Crippen LogP contribution in [0.1, 0.15) is 5.56 Å². The summed E-state index contributed by atoms with van der Waals surface area (Å²) >= 11 is 23.4. The summed E-state index contributed by atoms with van der Waals surface area (Å²) < 4.78 is 5.28. The van der Waals surface area contributed by atoms with Crippen LogP contribution in [0.15, 0.2) is 41.5 Å². The summed E-state index contributed by atoms with van der Waals surface area (Å²) in [5.74, 6) is -0.0768. The molecular formula is C15H10Cl4N2O2. The highest BCUT2D eigenvalue weighted by molar-refractivity contribution is 6.42. The van der Waals surface area contributed by atoms with E-state index in [1.165, 1.54) is 12.3 Å². The van der Waals surface area contributed by atoms with Gasteiger partial charge in [0.25, 0.3) is 5.91 Å². The molecule has 0 unspecified atom stereocenters. The topological polar surface area (TPSA) is 50.7 Å². The Kier molecular flexibility index (Phi) is 6.54. The minimum Gasteiger partial charge on any atom is -0.482 e. The van der Waals surface area contributed by atoms with Gasteiger partial charge >= 0.3 is 0 Å². The monoisotopic (exact) mass is 390 g/mol. The van der Waals surface area contributed by atoms with Gasteiger partial charge in [-0.25, -0.2) is 5.43 Å². The highest BCUT2D eigenvalue weighted by Gasteiger charge is 2.05. The van der Waals surface area contributed by atoms with Gasteiger partial charge in [-0.2, -0.15) is 5.10 Å². The van der Waals surface area contributed by atoms with E-state index in [1.807, 2.05) is 0 Å². The first-order chi connectivity index (χ1) is 11.0. The van der Waals surface area contributed by atoms with Crippen molar-refractivity contribution in [1.82, 2.24) is 5.43 Å². The van der Waals surface area contributed by atoms with Crippen molar-refractivity contribution >= 4 is 58.5 Å². The van der Waals surface area contributed by atoms with Crippen molar-refractivity contribution in [2.45, 2.75) is 0 Å². The summed E-state index contributed by atoms with van der Waals surface area (Å²) in [7, 11) is 0. The van der Waals surface area contributed by atoms with E-state index < -0.39 is 5.91 Å². The Bertz CT molecular complexity index is 750. The Morgan fingerprint density at radius 1 is 1.04 bits per heavy atom. The molecule has 0 fully saturated rings. The Morgan fingerprint density at radius 2 is 1.83 bits per heavy atom. The molecule has 0 bridgehead atoms. The quantitative estimate of drug-likeness (QED) is 0.586. The van der Waals surface area contributed by atoms with Crippen LogP contribution in [0.2, 0.25) is 20.1 Å². The molecule has 1 amide bonds. The average molecular weight is 392 g/mol. The number of hydrogen-bond donors (Lipinski definition) is 1. The van der Waals surface area contributed by atoms with Gasteiger partial charge in [-0.1, -0.05) is 52.5 Å². The summed E-state index contributed by atoms with van der Waals surface area (Å²) in [5.41, 5.74) is 3.02.